The zero-order valence-corrected chi connectivity index (χ0v) is 20.1. The first-order valence-corrected chi connectivity index (χ1v) is 11.3. The first kappa shape index (κ1) is 24.7. The number of hydrogen-bond donors (Lipinski definition) is 2. The number of carbonyl (C=O) groups excluding carboxylic acids is 2. The molecule has 6 nitrogen and oxygen atoms in total. The fraction of sp³-hybridized carbons (Fsp3) is 0.417. The van der Waals surface area contributed by atoms with Crippen LogP contribution in [0.5, 0.6) is 11.5 Å². The molecular weight excluding hydrogens is 460 g/mol. The Morgan fingerprint density at radius 2 is 1.71 bits per heavy atom. The minimum atomic E-state index is -0.458. The second-order valence-electron chi connectivity index (χ2n) is 7.85. The summed E-state index contributed by atoms with van der Waals surface area (Å²) < 4.78 is 12.0. The molecular formula is C24H31BrN2O4. The lowest BCUT2D eigenvalue weighted by atomic mass is 9.99. The first-order valence-electron chi connectivity index (χ1n) is 10.5. The lowest BCUT2D eigenvalue weighted by Crippen LogP contribution is -2.43. The molecule has 0 aliphatic carbocycles. The van der Waals surface area contributed by atoms with Gasteiger partial charge in [-0.1, -0.05) is 33.8 Å². The number of nitrogens with one attached hydrogen (secondary N) is 2. The summed E-state index contributed by atoms with van der Waals surface area (Å²) in [6.45, 7) is 8.99. The van der Waals surface area contributed by atoms with Gasteiger partial charge in [-0.15, -0.1) is 0 Å². The maximum Gasteiger partial charge on any atom is 0.276 e. The van der Waals surface area contributed by atoms with Crippen molar-refractivity contribution in [3.8, 4) is 11.5 Å². The molecule has 0 heterocycles. The molecule has 0 spiro atoms. The summed E-state index contributed by atoms with van der Waals surface area (Å²) in [4.78, 5) is 24.2. The Morgan fingerprint density at radius 3 is 2.32 bits per heavy atom. The van der Waals surface area contributed by atoms with Gasteiger partial charge in [0.1, 0.15) is 11.5 Å². The molecule has 0 saturated carbocycles. The molecule has 0 aliphatic rings. The van der Waals surface area contributed by atoms with E-state index < -0.39 is 11.8 Å². The average Bonchev–Trinajstić information content (AvgIpc) is 2.76. The van der Waals surface area contributed by atoms with E-state index in [1.807, 2.05) is 18.2 Å². The minimum Gasteiger partial charge on any atom is -0.494 e. The van der Waals surface area contributed by atoms with Crippen molar-refractivity contribution in [2.75, 3.05) is 13.2 Å². The molecule has 2 aromatic carbocycles. The lowest BCUT2D eigenvalue weighted by Gasteiger charge is -2.13. The van der Waals surface area contributed by atoms with E-state index in [0.717, 1.165) is 17.3 Å². The molecule has 31 heavy (non-hydrogen) atoms. The van der Waals surface area contributed by atoms with Gasteiger partial charge in [0.05, 0.1) is 11.1 Å². The Morgan fingerprint density at radius 1 is 1.00 bits per heavy atom. The van der Waals surface area contributed by atoms with E-state index >= 15 is 0 Å². The van der Waals surface area contributed by atoms with E-state index in [4.69, 9.17) is 9.47 Å². The maximum atomic E-state index is 12.2. The van der Waals surface area contributed by atoms with Crippen LogP contribution in [0.25, 0.3) is 0 Å². The smallest absolute Gasteiger partial charge is 0.276 e. The molecule has 0 aromatic heterocycles. The molecule has 0 aliphatic heterocycles. The molecule has 2 aromatic rings. The number of ether oxygens (including phenoxy) is 2. The molecule has 0 bridgehead atoms. The van der Waals surface area contributed by atoms with Crippen LogP contribution in [0.3, 0.4) is 0 Å². The molecule has 0 radical (unpaired) electrons. The molecule has 1 unspecified atom stereocenters. The highest BCUT2D eigenvalue weighted by molar-refractivity contribution is 9.10. The zero-order chi connectivity index (χ0) is 22.8. The van der Waals surface area contributed by atoms with Crippen LogP contribution >= 0.6 is 15.9 Å². The van der Waals surface area contributed by atoms with Crippen LogP contribution in [-0.4, -0.2) is 25.0 Å². The Kier molecular flexibility index (Phi) is 9.85. The number of halogens is 1. The standard InChI is InChI=1S/C24H31BrN2O4/c1-5-17(4)19-8-11-22(21(25)14-19)31-15-23(28)26-27-24(29)18-6-9-20(10-7-18)30-13-12-16(2)3/h6-11,14,16-17H,5,12-13,15H2,1-4H3,(H,26,28)(H,27,29). The van der Waals surface area contributed by atoms with Gasteiger partial charge in [-0.3, -0.25) is 20.4 Å². The first-order chi connectivity index (χ1) is 14.8. The summed E-state index contributed by atoms with van der Waals surface area (Å²) in [5.74, 6) is 1.43. The quantitative estimate of drug-likeness (QED) is 0.447. The predicted octanol–water partition coefficient (Wildman–Crippen LogP) is 5.23. The maximum absolute atomic E-state index is 12.2. The van der Waals surface area contributed by atoms with Gasteiger partial charge >= 0.3 is 0 Å². The van der Waals surface area contributed by atoms with E-state index in [-0.39, 0.29) is 6.61 Å². The van der Waals surface area contributed by atoms with Crippen molar-refractivity contribution in [2.24, 2.45) is 5.92 Å². The fourth-order valence-corrected chi connectivity index (χ4v) is 3.18. The Balaban J connectivity index is 1.77. The number of amides is 2. The Labute approximate surface area is 192 Å². The molecule has 7 heteroatoms. The molecule has 2 amide bonds. The zero-order valence-electron chi connectivity index (χ0n) is 18.5. The number of benzene rings is 2. The summed E-state index contributed by atoms with van der Waals surface area (Å²) in [5, 5.41) is 0. The monoisotopic (exact) mass is 490 g/mol. The van der Waals surface area contributed by atoms with Crippen molar-refractivity contribution in [1.82, 2.24) is 10.9 Å². The second-order valence-corrected chi connectivity index (χ2v) is 8.70. The molecule has 168 valence electrons. The van der Waals surface area contributed by atoms with Crippen molar-refractivity contribution in [1.29, 1.82) is 0 Å². The number of rotatable bonds is 10. The summed E-state index contributed by atoms with van der Waals surface area (Å²) in [7, 11) is 0. The SMILES string of the molecule is CCC(C)c1ccc(OCC(=O)NNC(=O)c2ccc(OCCC(C)C)cc2)c(Br)c1. The highest BCUT2D eigenvalue weighted by Crippen LogP contribution is 2.30. The lowest BCUT2D eigenvalue weighted by molar-refractivity contribution is -0.123. The Hall–Kier alpha value is -2.54. The number of hydrogen-bond acceptors (Lipinski definition) is 4. The fourth-order valence-electron chi connectivity index (χ4n) is 2.67. The summed E-state index contributed by atoms with van der Waals surface area (Å²) in [6, 6.07) is 12.6. The molecule has 0 saturated heterocycles. The van der Waals surface area contributed by atoms with Gasteiger partial charge in [0.15, 0.2) is 6.61 Å². The molecule has 1 atom stereocenters. The van der Waals surface area contributed by atoms with Gasteiger partial charge in [0, 0.05) is 5.56 Å². The normalized spacial score (nSPS) is 11.7. The topological polar surface area (TPSA) is 76.7 Å². The van der Waals surface area contributed by atoms with Crippen molar-refractivity contribution >= 4 is 27.7 Å². The van der Waals surface area contributed by atoms with Gasteiger partial charge in [-0.2, -0.15) is 0 Å². The van der Waals surface area contributed by atoms with E-state index in [9.17, 15) is 9.59 Å². The van der Waals surface area contributed by atoms with Crippen LogP contribution in [0, 0.1) is 5.92 Å². The summed E-state index contributed by atoms with van der Waals surface area (Å²) in [6.07, 6.45) is 2.01. The average molecular weight is 491 g/mol. The minimum absolute atomic E-state index is 0.218. The highest BCUT2D eigenvalue weighted by Gasteiger charge is 2.11. The van der Waals surface area contributed by atoms with Crippen molar-refractivity contribution in [3.05, 3.63) is 58.1 Å². The van der Waals surface area contributed by atoms with Crippen LogP contribution in [0.2, 0.25) is 0 Å². The largest absolute Gasteiger partial charge is 0.494 e. The van der Waals surface area contributed by atoms with Crippen LogP contribution in [0.4, 0.5) is 0 Å². The van der Waals surface area contributed by atoms with E-state index in [1.54, 1.807) is 24.3 Å². The second kappa shape index (κ2) is 12.3. The van der Waals surface area contributed by atoms with Gasteiger partial charge in [0.2, 0.25) is 0 Å². The third-order valence-corrected chi connectivity index (χ3v) is 5.51. The molecule has 2 rings (SSSR count). The molecule has 2 N–H and O–H groups in total. The van der Waals surface area contributed by atoms with Crippen molar-refractivity contribution in [3.63, 3.8) is 0 Å². The Bertz CT molecular complexity index is 868. The van der Waals surface area contributed by atoms with Gasteiger partial charge in [0.25, 0.3) is 11.8 Å². The number of hydrazine groups is 1. The molecule has 0 fully saturated rings. The van der Waals surface area contributed by atoms with Crippen LogP contribution in [-0.2, 0) is 4.79 Å². The predicted molar refractivity (Wildman–Crippen MR) is 125 cm³/mol. The summed E-state index contributed by atoms with van der Waals surface area (Å²) in [5.41, 5.74) is 6.37. The number of carbonyl (C=O) groups is 2. The third-order valence-electron chi connectivity index (χ3n) is 4.89. The van der Waals surface area contributed by atoms with Crippen molar-refractivity contribution in [2.45, 2.75) is 46.5 Å². The van der Waals surface area contributed by atoms with Gasteiger partial charge in [-0.05, 0) is 82.6 Å². The van der Waals surface area contributed by atoms with Crippen LogP contribution < -0.4 is 20.3 Å². The van der Waals surface area contributed by atoms with E-state index in [2.05, 4.69) is 54.5 Å². The highest BCUT2D eigenvalue weighted by atomic mass is 79.9. The van der Waals surface area contributed by atoms with E-state index in [1.165, 1.54) is 5.56 Å². The van der Waals surface area contributed by atoms with Crippen LogP contribution in [0.1, 0.15) is 62.4 Å². The van der Waals surface area contributed by atoms with Crippen LogP contribution in [0.15, 0.2) is 46.9 Å². The third kappa shape index (κ3) is 8.25. The van der Waals surface area contributed by atoms with Gasteiger partial charge < -0.3 is 9.47 Å². The van der Waals surface area contributed by atoms with Gasteiger partial charge in [-0.25, -0.2) is 0 Å². The van der Waals surface area contributed by atoms with Crippen molar-refractivity contribution < 1.29 is 19.1 Å². The summed E-state index contributed by atoms with van der Waals surface area (Å²) >= 11 is 3.48. The van der Waals surface area contributed by atoms with E-state index in [0.29, 0.717) is 35.5 Å².